The van der Waals surface area contributed by atoms with Gasteiger partial charge >= 0.3 is 19.8 Å². The molecule has 4 atom stereocenters. The Labute approximate surface area is 149 Å². The fraction of sp³-hybridized carbons (Fsp3) is 0.500. The minimum Gasteiger partial charge on any atom is -0.505 e. The van der Waals surface area contributed by atoms with Crippen molar-refractivity contribution in [3.63, 3.8) is 0 Å². The Morgan fingerprint density at radius 1 is 0.889 bits per heavy atom. The Morgan fingerprint density at radius 2 is 1.22 bits per heavy atom. The topological polar surface area (TPSA) is 230 Å². The molecule has 27 heavy (non-hydrogen) atoms. The molecule has 2 heterocycles. The van der Waals surface area contributed by atoms with Crippen LogP contribution in [0.4, 0.5) is 0 Å². The molecular formula is C12H15O14P. The monoisotopic (exact) mass is 414 g/mol. The molecule has 0 aliphatic carbocycles. The largest absolute Gasteiger partial charge is 0.585 e. The highest BCUT2D eigenvalue weighted by Crippen LogP contribution is 2.50. The van der Waals surface area contributed by atoms with Crippen molar-refractivity contribution in [3.05, 3.63) is 23.0 Å². The van der Waals surface area contributed by atoms with Gasteiger partial charge in [-0.05, 0) is 0 Å². The predicted octanol–water partition coefficient (Wildman–Crippen LogP) is -2.78. The molecule has 0 saturated heterocycles. The Hall–Kier alpha value is -2.35. The standard InChI is InChI=1S/C12H15O14P/c13-1-3(15)7-5(17)9(11(19)23-7)25-27(21,22)26-10-6(18)8(4(16)2-14)24-12(10)20/h3-4,7-8,13-18H,1-2H2,(H,21,22)/t3-,4-,7+,8+/m0/s1. The van der Waals surface area contributed by atoms with E-state index < -0.39 is 80.4 Å². The van der Waals surface area contributed by atoms with Crippen LogP contribution in [0.15, 0.2) is 23.0 Å². The van der Waals surface area contributed by atoms with Crippen LogP contribution in [0.2, 0.25) is 0 Å². The van der Waals surface area contributed by atoms with E-state index >= 15 is 0 Å². The summed E-state index contributed by atoms with van der Waals surface area (Å²) in [5, 5.41) is 55.8. The summed E-state index contributed by atoms with van der Waals surface area (Å²) in [6, 6.07) is 0. The van der Waals surface area contributed by atoms with Crippen LogP contribution >= 0.6 is 7.82 Å². The number of hydrogen-bond donors (Lipinski definition) is 7. The molecule has 0 aromatic rings. The highest BCUT2D eigenvalue weighted by Gasteiger charge is 2.47. The minimum absolute atomic E-state index is 0.927. The lowest BCUT2D eigenvalue weighted by Gasteiger charge is -2.14. The lowest BCUT2D eigenvalue weighted by Crippen LogP contribution is -2.31. The number of cyclic esters (lactones) is 2. The van der Waals surface area contributed by atoms with Crippen molar-refractivity contribution in [2.24, 2.45) is 0 Å². The molecule has 0 spiro atoms. The smallest absolute Gasteiger partial charge is 0.505 e. The number of carbonyl (C=O) groups excluding carboxylic acids is 2. The number of rotatable bonds is 8. The SMILES string of the molecule is O=C1O[C@H]([C@@H](O)CO)C(O)=C1OP(=O)(O)OC1=C(O)[C@@H]([C@@H](O)CO)OC1=O. The zero-order valence-electron chi connectivity index (χ0n) is 13.2. The summed E-state index contributed by atoms with van der Waals surface area (Å²) in [5.74, 6) is -7.69. The maximum Gasteiger partial charge on any atom is 0.585 e. The van der Waals surface area contributed by atoms with Crippen LogP contribution < -0.4 is 0 Å². The maximum atomic E-state index is 12.0. The van der Waals surface area contributed by atoms with Gasteiger partial charge < -0.3 is 49.2 Å². The number of aliphatic hydroxyl groups is 6. The molecule has 0 aromatic carbocycles. The van der Waals surface area contributed by atoms with Gasteiger partial charge in [0.05, 0.1) is 13.2 Å². The molecule has 0 radical (unpaired) electrons. The van der Waals surface area contributed by atoms with Crippen molar-refractivity contribution in [1.29, 1.82) is 0 Å². The lowest BCUT2D eigenvalue weighted by molar-refractivity contribution is -0.147. The van der Waals surface area contributed by atoms with Gasteiger partial charge in [0.15, 0.2) is 23.7 Å². The Morgan fingerprint density at radius 3 is 1.52 bits per heavy atom. The van der Waals surface area contributed by atoms with Gasteiger partial charge in [0.2, 0.25) is 0 Å². The van der Waals surface area contributed by atoms with Crippen LogP contribution in [0.5, 0.6) is 0 Å². The predicted molar refractivity (Wildman–Crippen MR) is 77.3 cm³/mol. The Bertz CT molecular complexity index is 682. The summed E-state index contributed by atoms with van der Waals surface area (Å²) in [7, 11) is -5.40. The average Bonchev–Trinajstić information content (AvgIpc) is 3.04. The Balaban J connectivity index is 2.21. The molecule has 2 rings (SSSR count). The molecular weight excluding hydrogens is 399 g/mol. The molecule has 0 unspecified atom stereocenters. The second-order valence-electron chi connectivity index (χ2n) is 5.23. The van der Waals surface area contributed by atoms with E-state index in [2.05, 4.69) is 18.5 Å². The van der Waals surface area contributed by atoms with Crippen molar-refractivity contribution < 1.29 is 68.2 Å². The highest BCUT2D eigenvalue weighted by molar-refractivity contribution is 7.47. The van der Waals surface area contributed by atoms with Gasteiger partial charge in [0, 0.05) is 0 Å². The van der Waals surface area contributed by atoms with E-state index in [1.807, 2.05) is 0 Å². The molecule has 7 N–H and O–H groups in total. The van der Waals surface area contributed by atoms with Crippen LogP contribution in [0, 0.1) is 0 Å². The third kappa shape index (κ3) is 4.16. The molecule has 2 aliphatic heterocycles. The van der Waals surface area contributed by atoms with Crippen molar-refractivity contribution >= 4 is 19.8 Å². The van der Waals surface area contributed by atoms with Crippen LogP contribution in [0.3, 0.4) is 0 Å². The Kier molecular flexibility index (Phi) is 5.99. The number of phosphoric ester groups is 1. The molecule has 2 aliphatic rings. The maximum absolute atomic E-state index is 12.0. The van der Waals surface area contributed by atoms with E-state index in [4.69, 9.17) is 10.2 Å². The van der Waals surface area contributed by atoms with Gasteiger partial charge in [0.1, 0.15) is 12.2 Å². The molecule has 0 fully saturated rings. The van der Waals surface area contributed by atoms with E-state index in [1.165, 1.54) is 0 Å². The second-order valence-corrected chi connectivity index (χ2v) is 6.53. The summed E-state index contributed by atoms with van der Waals surface area (Å²) < 4.78 is 29.5. The molecule has 0 bridgehead atoms. The molecule has 152 valence electrons. The van der Waals surface area contributed by atoms with Crippen LogP contribution in [0.1, 0.15) is 0 Å². The van der Waals surface area contributed by atoms with Crippen LogP contribution in [0.25, 0.3) is 0 Å². The number of phosphoric acid groups is 1. The van der Waals surface area contributed by atoms with Gasteiger partial charge in [-0.3, -0.25) is 4.89 Å². The molecule has 0 aromatic heterocycles. The van der Waals surface area contributed by atoms with Crippen molar-refractivity contribution in [2.75, 3.05) is 13.2 Å². The molecule has 0 saturated carbocycles. The fourth-order valence-electron chi connectivity index (χ4n) is 2.05. The number of carbonyl (C=O) groups is 2. The first-order chi connectivity index (χ1) is 12.5. The zero-order chi connectivity index (χ0) is 20.5. The van der Waals surface area contributed by atoms with Gasteiger partial charge in [-0.25, -0.2) is 14.2 Å². The van der Waals surface area contributed by atoms with E-state index in [1.54, 1.807) is 0 Å². The number of ether oxygens (including phenoxy) is 2. The lowest BCUT2D eigenvalue weighted by atomic mass is 10.2. The highest BCUT2D eigenvalue weighted by atomic mass is 31.2. The van der Waals surface area contributed by atoms with Crippen molar-refractivity contribution in [1.82, 2.24) is 0 Å². The van der Waals surface area contributed by atoms with Crippen LogP contribution in [-0.2, 0) is 32.7 Å². The summed E-state index contributed by atoms with van der Waals surface area (Å²) in [6.45, 7) is -1.85. The molecule has 15 heteroatoms. The number of esters is 2. The third-order valence-electron chi connectivity index (χ3n) is 3.33. The van der Waals surface area contributed by atoms with E-state index in [-0.39, 0.29) is 0 Å². The molecule has 14 nitrogen and oxygen atoms in total. The number of aliphatic hydroxyl groups excluding tert-OH is 6. The first kappa shape index (κ1) is 21.0. The van der Waals surface area contributed by atoms with Gasteiger partial charge in [-0.1, -0.05) is 0 Å². The summed E-state index contributed by atoms with van der Waals surface area (Å²) in [5.41, 5.74) is 0. The summed E-state index contributed by atoms with van der Waals surface area (Å²) in [4.78, 5) is 32.8. The minimum atomic E-state index is -5.40. The van der Waals surface area contributed by atoms with Gasteiger partial charge in [-0.2, -0.15) is 0 Å². The summed E-state index contributed by atoms with van der Waals surface area (Å²) in [6.07, 6.45) is -7.06. The van der Waals surface area contributed by atoms with Crippen molar-refractivity contribution in [3.8, 4) is 0 Å². The summed E-state index contributed by atoms with van der Waals surface area (Å²) >= 11 is 0. The van der Waals surface area contributed by atoms with Crippen molar-refractivity contribution in [2.45, 2.75) is 24.4 Å². The van der Waals surface area contributed by atoms with E-state index in [9.17, 15) is 39.5 Å². The fourth-order valence-corrected chi connectivity index (χ4v) is 2.88. The van der Waals surface area contributed by atoms with E-state index in [0.29, 0.717) is 0 Å². The number of hydrogen-bond acceptors (Lipinski definition) is 13. The third-order valence-corrected chi connectivity index (χ3v) is 4.16. The van der Waals surface area contributed by atoms with Gasteiger partial charge in [-0.15, -0.1) is 0 Å². The second kappa shape index (κ2) is 7.72. The normalized spacial score (nSPS) is 25.4. The van der Waals surface area contributed by atoms with Gasteiger partial charge in [0.25, 0.3) is 11.5 Å². The van der Waals surface area contributed by atoms with Crippen LogP contribution in [-0.4, -0.2) is 85.1 Å². The quantitative estimate of drug-likeness (QED) is 0.157. The van der Waals surface area contributed by atoms with E-state index in [0.717, 1.165) is 0 Å². The zero-order valence-corrected chi connectivity index (χ0v) is 14.1. The first-order valence-corrected chi connectivity index (χ1v) is 8.60. The first-order valence-electron chi connectivity index (χ1n) is 7.10. The average molecular weight is 414 g/mol. The molecule has 0 amide bonds.